The molecule has 5 rings (SSSR count). The molecule has 6 nitrogen and oxygen atoms in total. The van der Waals surface area contributed by atoms with Crippen LogP contribution in [0.1, 0.15) is 60.5 Å². The van der Waals surface area contributed by atoms with Crippen LogP contribution in [0.15, 0.2) is 94.4 Å². The number of rotatable bonds is 8. The molecule has 184 valence electrons. The average Bonchev–Trinajstić information content (AvgIpc) is 3.45. The molecule has 1 aliphatic rings. The molecular weight excluding hydrogens is 448 g/mol. The summed E-state index contributed by atoms with van der Waals surface area (Å²) in [7, 11) is 1.69. The molecule has 0 fully saturated rings. The molecule has 0 radical (unpaired) electrons. The van der Waals surface area contributed by atoms with Gasteiger partial charge < -0.3 is 14.2 Å². The fourth-order valence-corrected chi connectivity index (χ4v) is 4.98. The van der Waals surface area contributed by atoms with Gasteiger partial charge in [-0.05, 0) is 35.2 Å². The van der Waals surface area contributed by atoms with E-state index in [4.69, 9.17) is 19.2 Å². The first-order valence-corrected chi connectivity index (χ1v) is 12.5. The van der Waals surface area contributed by atoms with Gasteiger partial charge in [-0.1, -0.05) is 91.8 Å². The molecule has 3 aromatic carbocycles. The summed E-state index contributed by atoms with van der Waals surface area (Å²) in [4.78, 5) is 11.9. The third-order valence-corrected chi connectivity index (χ3v) is 7.15. The molecule has 0 aliphatic carbocycles. The lowest BCUT2D eigenvalue weighted by Gasteiger charge is -2.46. The molecule has 0 amide bonds. The Morgan fingerprint density at radius 2 is 1.56 bits per heavy atom. The molecular formula is C30H32N4O2. The van der Waals surface area contributed by atoms with E-state index in [1.165, 1.54) is 0 Å². The minimum absolute atomic E-state index is 0.00893. The Morgan fingerprint density at radius 3 is 2.14 bits per heavy atom. The van der Waals surface area contributed by atoms with Gasteiger partial charge in [0.1, 0.15) is 11.3 Å². The Balaban J connectivity index is 1.65. The number of methoxy groups -OCH3 is 1. The first-order chi connectivity index (χ1) is 17.7. The van der Waals surface area contributed by atoms with Crippen LogP contribution in [0.3, 0.4) is 0 Å². The molecule has 2 atom stereocenters. The summed E-state index contributed by atoms with van der Waals surface area (Å²) < 4.78 is 11.2. The van der Waals surface area contributed by atoms with Crippen LogP contribution < -0.4 is 4.74 Å². The van der Waals surface area contributed by atoms with Gasteiger partial charge in [0.2, 0.25) is 5.89 Å². The van der Waals surface area contributed by atoms with Gasteiger partial charge in [-0.3, -0.25) is 4.99 Å². The largest absolute Gasteiger partial charge is 0.497 e. The topological polar surface area (TPSA) is 63.8 Å². The Bertz CT molecular complexity index is 1250. The summed E-state index contributed by atoms with van der Waals surface area (Å²) in [6.07, 6.45) is 2.95. The zero-order valence-electron chi connectivity index (χ0n) is 21.0. The van der Waals surface area contributed by atoms with Crippen LogP contribution >= 0.6 is 0 Å². The van der Waals surface area contributed by atoms with E-state index in [0.717, 1.165) is 34.7 Å². The zero-order valence-corrected chi connectivity index (χ0v) is 21.0. The highest BCUT2D eigenvalue weighted by molar-refractivity contribution is 5.65. The summed E-state index contributed by atoms with van der Waals surface area (Å²) in [6.45, 7) is 5.55. The molecule has 36 heavy (non-hydrogen) atoms. The third kappa shape index (κ3) is 4.28. The second kappa shape index (κ2) is 10.4. The van der Waals surface area contributed by atoms with Crippen molar-refractivity contribution < 1.29 is 9.26 Å². The molecule has 0 bridgehead atoms. The van der Waals surface area contributed by atoms with Crippen LogP contribution in [0.5, 0.6) is 5.75 Å². The van der Waals surface area contributed by atoms with Gasteiger partial charge in [-0.15, -0.1) is 0 Å². The van der Waals surface area contributed by atoms with Gasteiger partial charge in [0.25, 0.3) is 0 Å². The lowest BCUT2D eigenvalue weighted by molar-refractivity contribution is 0.228. The number of aliphatic imine (C=N–C) groups is 1. The van der Waals surface area contributed by atoms with Crippen molar-refractivity contribution in [3.8, 4) is 5.75 Å². The highest BCUT2D eigenvalue weighted by Gasteiger charge is 2.43. The summed E-state index contributed by atoms with van der Waals surface area (Å²) in [5, 5.41) is 4.27. The van der Waals surface area contributed by atoms with Gasteiger partial charge in [-0.2, -0.15) is 4.98 Å². The van der Waals surface area contributed by atoms with Crippen LogP contribution in [0.2, 0.25) is 0 Å². The molecule has 0 saturated carbocycles. The molecule has 0 spiro atoms. The minimum Gasteiger partial charge on any atom is -0.497 e. The van der Waals surface area contributed by atoms with E-state index in [-0.39, 0.29) is 11.8 Å². The summed E-state index contributed by atoms with van der Waals surface area (Å²) in [5.41, 5.74) is 2.81. The van der Waals surface area contributed by atoms with Crippen LogP contribution in [-0.4, -0.2) is 41.6 Å². The summed E-state index contributed by atoms with van der Waals surface area (Å²) >= 11 is 0. The van der Waals surface area contributed by atoms with Crippen LogP contribution in [-0.2, 0) is 5.54 Å². The fourth-order valence-electron chi connectivity index (χ4n) is 4.98. The second-order valence-electron chi connectivity index (χ2n) is 9.30. The SMILES string of the molecule is CCC(C)c1noc(C2CN=CN(C(c3ccccc3)(c3ccccc3)c3ccc(OC)cc3)C2)n1. The van der Waals surface area contributed by atoms with E-state index in [2.05, 4.69) is 96.7 Å². The second-order valence-corrected chi connectivity index (χ2v) is 9.30. The summed E-state index contributed by atoms with van der Waals surface area (Å²) in [6, 6.07) is 29.5. The number of nitrogens with zero attached hydrogens (tertiary/aromatic N) is 4. The number of benzene rings is 3. The smallest absolute Gasteiger partial charge is 0.233 e. The van der Waals surface area contributed by atoms with E-state index < -0.39 is 5.54 Å². The van der Waals surface area contributed by atoms with Crippen LogP contribution in [0, 0.1) is 0 Å². The fraction of sp³-hybridized carbons (Fsp3) is 0.300. The van der Waals surface area contributed by atoms with Crippen molar-refractivity contribution in [3.63, 3.8) is 0 Å². The van der Waals surface area contributed by atoms with Gasteiger partial charge in [0.15, 0.2) is 5.82 Å². The lowest BCUT2D eigenvalue weighted by atomic mass is 9.75. The van der Waals surface area contributed by atoms with Crippen molar-refractivity contribution in [1.82, 2.24) is 15.0 Å². The van der Waals surface area contributed by atoms with E-state index >= 15 is 0 Å². The maximum absolute atomic E-state index is 5.76. The monoisotopic (exact) mass is 480 g/mol. The molecule has 1 aliphatic heterocycles. The van der Waals surface area contributed by atoms with Crippen molar-refractivity contribution in [2.45, 2.75) is 37.6 Å². The summed E-state index contributed by atoms with van der Waals surface area (Å²) in [5.74, 6) is 2.49. The lowest BCUT2D eigenvalue weighted by Crippen LogP contribution is -2.50. The first kappa shape index (κ1) is 23.8. The van der Waals surface area contributed by atoms with Crippen molar-refractivity contribution in [3.05, 3.63) is 113 Å². The zero-order chi connectivity index (χ0) is 25.0. The van der Waals surface area contributed by atoms with Gasteiger partial charge in [0, 0.05) is 12.5 Å². The molecule has 6 heteroatoms. The maximum atomic E-state index is 5.76. The van der Waals surface area contributed by atoms with Gasteiger partial charge in [-0.25, -0.2) is 0 Å². The van der Waals surface area contributed by atoms with Crippen molar-refractivity contribution >= 4 is 6.34 Å². The Hall–Kier alpha value is -3.93. The average molecular weight is 481 g/mol. The van der Waals surface area contributed by atoms with E-state index in [0.29, 0.717) is 19.0 Å². The molecule has 2 heterocycles. The van der Waals surface area contributed by atoms with E-state index in [9.17, 15) is 0 Å². The number of hydrogen-bond donors (Lipinski definition) is 0. The Labute approximate surface area is 212 Å². The Morgan fingerprint density at radius 1 is 0.944 bits per heavy atom. The number of hydrogen-bond acceptors (Lipinski definition) is 6. The number of aromatic nitrogens is 2. The molecule has 0 saturated heterocycles. The minimum atomic E-state index is -0.615. The van der Waals surface area contributed by atoms with Crippen molar-refractivity contribution in [1.29, 1.82) is 0 Å². The van der Waals surface area contributed by atoms with Crippen LogP contribution in [0.25, 0.3) is 0 Å². The third-order valence-electron chi connectivity index (χ3n) is 7.15. The number of ether oxygens (including phenoxy) is 1. The quantitative estimate of drug-likeness (QED) is 0.289. The molecule has 1 aromatic heterocycles. The van der Waals surface area contributed by atoms with Crippen molar-refractivity contribution in [2.24, 2.45) is 4.99 Å². The van der Waals surface area contributed by atoms with Crippen molar-refractivity contribution in [2.75, 3.05) is 20.2 Å². The molecule has 4 aromatic rings. The highest BCUT2D eigenvalue weighted by atomic mass is 16.5. The highest BCUT2D eigenvalue weighted by Crippen LogP contribution is 2.44. The first-order valence-electron chi connectivity index (χ1n) is 12.5. The van der Waals surface area contributed by atoms with E-state index in [1.54, 1.807) is 7.11 Å². The predicted octanol–water partition coefficient (Wildman–Crippen LogP) is 6.01. The van der Waals surface area contributed by atoms with E-state index in [1.807, 2.05) is 18.5 Å². The van der Waals surface area contributed by atoms with Gasteiger partial charge in [0.05, 0.1) is 25.9 Å². The van der Waals surface area contributed by atoms with Crippen LogP contribution in [0.4, 0.5) is 0 Å². The standard InChI is InChI=1S/C30H32N4O2/c1-4-22(2)28-32-29(36-33-28)23-19-31-21-34(20-23)30(24-11-7-5-8-12-24,25-13-9-6-10-14-25)26-15-17-27(35-3)18-16-26/h5-18,21-23H,4,19-20H2,1-3H3. The molecule has 0 N–H and O–H groups in total. The predicted molar refractivity (Wildman–Crippen MR) is 142 cm³/mol. The maximum Gasteiger partial charge on any atom is 0.233 e. The van der Waals surface area contributed by atoms with Gasteiger partial charge >= 0.3 is 0 Å². The normalized spacial score (nSPS) is 16.6. The molecule has 2 unspecified atom stereocenters. The Kier molecular flexibility index (Phi) is 6.85.